The van der Waals surface area contributed by atoms with Crippen LogP contribution in [0.25, 0.3) is 10.8 Å². The molecule has 6 heteroatoms. The molecule has 2 aromatic rings. The average molecular weight is 295 g/mol. The summed E-state index contributed by atoms with van der Waals surface area (Å²) in [5.74, 6) is -0.881. The molecule has 1 aliphatic heterocycles. The van der Waals surface area contributed by atoms with Crippen LogP contribution >= 0.6 is 23.2 Å². The number of fused-ring (bicyclic) bond motifs is 3. The third kappa shape index (κ3) is 1.54. The normalized spacial score (nSPS) is 13.6. The van der Waals surface area contributed by atoms with E-state index in [2.05, 4.69) is 10.6 Å². The van der Waals surface area contributed by atoms with Gasteiger partial charge in [0.2, 0.25) is 0 Å². The number of nitrogens with one attached hydrogen (secondary N) is 2. The zero-order chi connectivity index (χ0) is 13.7. The summed E-state index contributed by atoms with van der Waals surface area (Å²) in [6.07, 6.45) is 0. The first-order valence-electron chi connectivity index (χ1n) is 5.53. The van der Waals surface area contributed by atoms with Crippen LogP contribution in [0.4, 0.5) is 5.69 Å². The highest BCUT2D eigenvalue weighted by Crippen LogP contribution is 2.42. The molecular weight excluding hydrogens is 287 g/mol. The van der Waals surface area contributed by atoms with Crippen LogP contribution in [0.2, 0.25) is 10.0 Å². The van der Waals surface area contributed by atoms with Crippen LogP contribution in [0, 0.1) is 0 Å². The Bertz CT molecular complexity index is 756. The number of hydrogen-bond donors (Lipinski definition) is 2. The topological polar surface area (TPSA) is 58.2 Å². The predicted molar refractivity (Wildman–Crippen MR) is 75.3 cm³/mol. The number of rotatable bonds is 1. The van der Waals surface area contributed by atoms with Crippen LogP contribution in [-0.4, -0.2) is 18.9 Å². The summed E-state index contributed by atoms with van der Waals surface area (Å²) >= 11 is 12.5. The summed E-state index contributed by atoms with van der Waals surface area (Å²) in [4.78, 5) is 23.8. The minimum Gasteiger partial charge on any atom is -0.386 e. The molecule has 2 amide bonds. The quantitative estimate of drug-likeness (QED) is 0.795. The third-order valence-corrected chi connectivity index (χ3v) is 3.85. The molecule has 0 aromatic heterocycles. The number of halogens is 2. The minimum atomic E-state index is -0.451. The van der Waals surface area contributed by atoms with E-state index >= 15 is 0 Å². The van der Waals surface area contributed by atoms with Gasteiger partial charge in [-0.15, -0.1) is 0 Å². The molecule has 0 unspecified atom stereocenters. The van der Waals surface area contributed by atoms with Crippen molar-refractivity contribution in [3.05, 3.63) is 39.4 Å². The van der Waals surface area contributed by atoms with E-state index in [1.165, 1.54) is 0 Å². The maximum Gasteiger partial charge on any atom is 0.261 e. The number of imide groups is 1. The summed E-state index contributed by atoms with van der Waals surface area (Å²) in [7, 11) is 1.64. The number of carbonyl (C=O) groups is 2. The molecule has 2 N–H and O–H groups in total. The Morgan fingerprint density at radius 3 is 2.47 bits per heavy atom. The summed E-state index contributed by atoms with van der Waals surface area (Å²) in [5, 5.41) is 7.06. The van der Waals surface area contributed by atoms with Gasteiger partial charge in [0.25, 0.3) is 11.8 Å². The molecule has 4 nitrogen and oxygen atoms in total. The van der Waals surface area contributed by atoms with Crippen molar-refractivity contribution in [2.45, 2.75) is 0 Å². The molecule has 19 heavy (non-hydrogen) atoms. The van der Waals surface area contributed by atoms with Crippen molar-refractivity contribution in [2.75, 3.05) is 12.4 Å². The molecule has 1 aliphatic rings. The monoisotopic (exact) mass is 294 g/mol. The van der Waals surface area contributed by atoms with E-state index in [1.807, 2.05) is 0 Å². The average Bonchev–Trinajstić information content (AvgIpc) is 2.66. The lowest BCUT2D eigenvalue weighted by atomic mass is 9.98. The fraction of sp³-hybridized carbons (Fsp3) is 0.0769. The van der Waals surface area contributed by atoms with Gasteiger partial charge in [-0.3, -0.25) is 14.9 Å². The van der Waals surface area contributed by atoms with Crippen molar-refractivity contribution in [3.8, 4) is 0 Å². The van der Waals surface area contributed by atoms with E-state index in [4.69, 9.17) is 23.2 Å². The number of amides is 2. The summed E-state index contributed by atoms with van der Waals surface area (Å²) in [6, 6.07) is 5.14. The largest absolute Gasteiger partial charge is 0.386 e. The molecule has 0 radical (unpaired) electrons. The summed E-state index contributed by atoms with van der Waals surface area (Å²) in [6.45, 7) is 0. The second kappa shape index (κ2) is 4.11. The number of hydrogen-bond acceptors (Lipinski definition) is 3. The lowest BCUT2D eigenvalue weighted by molar-refractivity contribution is 0.0880. The Kier molecular flexibility index (Phi) is 2.66. The van der Waals surface area contributed by atoms with Gasteiger partial charge >= 0.3 is 0 Å². The minimum absolute atomic E-state index is 0.271. The second-order valence-corrected chi connectivity index (χ2v) is 4.92. The Morgan fingerprint density at radius 2 is 1.79 bits per heavy atom. The first kappa shape index (κ1) is 12.3. The Morgan fingerprint density at radius 1 is 1.11 bits per heavy atom. The van der Waals surface area contributed by atoms with Crippen molar-refractivity contribution in [3.63, 3.8) is 0 Å². The highest BCUT2D eigenvalue weighted by Gasteiger charge is 2.34. The maximum absolute atomic E-state index is 11.9. The molecule has 0 saturated carbocycles. The van der Waals surface area contributed by atoms with Gasteiger partial charge in [-0.2, -0.15) is 0 Å². The third-order valence-electron chi connectivity index (χ3n) is 3.15. The zero-order valence-corrected chi connectivity index (χ0v) is 11.3. The predicted octanol–water partition coefficient (Wildman–Crippen LogP) is 3.07. The number of benzene rings is 2. The Labute approximate surface area is 118 Å². The molecule has 0 saturated heterocycles. The molecule has 0 atom stereocenters. The van der Waals surface area contributed by atoms with Gasteiger partial charge in [0, 0.05) is 17.5 Å². The van der Waals surface area contributed by atoms with Crippen LogP contribution in [0.1, 0.15) is 20.7 Å². The van der Waals surface area contributed by atoms with Crippen molar-refractivity contribution < 1.29 is 9.59 Å². The SMILES string of the molecule is CNc1c2c(c3cccc(Cl)c3c1Cl)C(=O)NC2=O. The molecule has 0 fully saturated rings. The van der Waals surface area contributed by atoms with E-state index < -0.39 is 11.8 Å². The van der Waals surface area contributed by atoms with Gasteiger partial charge in [0.05, 0.1) is 21.8 Å². The van der Waals surface area contributed by atoms with E-state index in [-0.39, 0.29) is 5.56 Å². The van der Waals surface area contributed by atoms with Gasteiger partial charge in [-0.1, -0.05) is 35.3 Å². The van der Waals surface area contributed by atoms with Gasteiger partial charge in [-0.05, 0) is 11.5 Å². The van der Waals surface area contributed by atoms with Gasteiger partial charge in [0.15, 0.2) is 0 Å². The number of carbonyl (C=O) groups excluding carboxylic acids is 2. The van der Waals surface area contributed by atoms with Crippen LogP contribution in [0.15, 0.2) is 18.2 Å². The van der Waals surface area contributed by atoms with Crippen LogP contribution in [0.3, 0.4) is 0 Å². The first-order valence-corrected chi connectivity index (χ1v) is 6.29. The molecule has 2 aromatic carbocycles. The van der Waals surface area contributed by atoms with Gasteiger partial charge < -0.3 is 5.32 Å². The molecule has 96 valence electrons. The molecule has 0 aliphatic carbocycles. The smallest absolute Gasteiger partial charge is 0.261 e. The first-order chi connectivity index (χ1) is 9.06. The van der Waals surface area contributed by atoms with Gasteiger partial charge in [-0.25, -0.2) is 0 Å². The van der Waals surface area contributed by atoms with Crippen LogP contribution in [-0.2, 0) is 0 Å². The van der Waals surface area contributed by atoms with Crippen molar-refractivity contribution in [1.29, 1.82) is 0 Å². The van der Waals surface area contributed by atoms with Crippen molar-refractivity contribution in [2.24, 2.45) is 0 Å². The maximum atomic E-state index is 11.9. The second-order valence-electron chi connectivity index (χ2n) is 4.13. The molecular formula is C13H8Cl2N2O2. The highest BCUT2D eigenvalue weighted by atomic mass is 35.5. The lowest BCUT2D eigenvalue weighted by Gasteiger charge is -2.13. The standard InChI is InChI=1S/C13H8Cl2N2O2/c1-16-11-9-8(12(18)17-13(9)19)5-3-2-4-6(14)7(5)10(11)15/h2-4,16H,1H3,(H,17,18,19). The molecule has 1 heterocycles. The Balaban J connectivity index is 2.60. The summed E-state index contributed by atoms with van der Waals surface area (Å²) < 4.78 is 0. The fourth-order valence-corrected chi connectivity index (χ4v) is 3.09. The van der Waals surface area contributed by atoms with E-state index in [9.17, 15) is 9.59 Å². The highest BCUT2D eigenvalue weighted by molar-refractivity contribution is 6.46. The molecule has 0 bridgehead atoms. The fourth-order valence-electron chi connectivity index (χ4n) is 2.38. The molecule has 3 rings (SSSR count). The van der Waals surface area contributed by atoms with Gasteiger partial charge in [0.1, 0.15) is 0 Å². The molecule has 0 spiro atoms. The zero-order valence-electron chi connectivity index (χ0n) is 9.80. The van der Waals surface area contributed by atoms with E-state index in [1.54, 1.807) is 25.2 Å². The summed E-state index contributed by atoms with van der Waals surface area (Å²) in [5.41, 5.74) is 1.00. The van der Waals surface area contributed by atoms with E-state index in [0.29, 0.717) is 32.1 Å². The lowest BCUT2D eigenvalue weighted by Crippen LogP contribution is -2.20. The van der Waals surface area contributed by atoms with Crippen LogP contribution in [0.5, 0.6) is 0 Å². The van der Waals surface area contributed by atoms with Crippen LogP contribution < -0.4 is 10.6 Å². The van der Waals surface area contributed by atoms with Crippen molar-refractivity contribution in [1.82, 2.24) is 5.32 Å². The van der Waals surface area contributed by atoms with Crippen molar-refractivity contribution >= 4 is 51.5 Å². The Hall–Kier alpha value is -1.78. The number of anilines is 1. The van der Waals surface area contributed by atoms with E-state index in [0.717, 1.165) is 0 Å².